The van der Waals surface area contributed by atoms with Gasteiger partial charge in [-0.2, -0.15) is 0 Å². The molecular formula is C13H13N. The molecule has 0 N–H and O–H groups in total. The number of rotatable bonds is 1. The summed E-state index contributed by atoms with van der Waals surface area (Å²) in [5, 5.41) is 0. The van der Waals surface area contributed by atoms with E-state index >= 15 is 0 Å². The highest BCUT2D eigenvalue weighted by Gasteiger charge is 1.99. The minimum Gasteiger partial charge on any atom is -0.253 e. The summed E-state index contributed by atoms with van der Waals surface area (Å²) in [6.45, 7) is 4.12. The molecule has 14 heavy (non-hydrogen) atoms. The number of nitrogens with zero attached hydrogens (tertiary/aromatic N) is 1. The molecule has 70 valence electrons. The Balaban J connectivity index is 2.48. The van der Waals surface area contributed by atoms with Gasteiger partial charge in [-0.3, -0.25) is 4.98 Å². The Hall–Kier alpha value is -1.63. The first-order chi connectivity index (χ1) is 6.77. The number of benzene rings is 1. The fourth-order valence-electron chi connectivity index (χ4n) is 1.40. The molecule has 1 heteroatoms. The van der Waals surface area contributed by atoms with Crippen LogP contribution in [-0.2, 0) is 0 Å². The van der Waals surface area contributed by atoms with Gasteiger partial charge in [-0.15, -0.1) is 0 Å². The highest BCUT2D eigenvalue weighted by molar-refractivity contribution is 5.59. The van der Waals surface area contributed by atoms with Gasteiger partial charge in [-0.1, -0.05) is 36.4 Å². The molecule has 0 saturated carbocycles. The minimum absolute atomic E-state index is 1.05. The van der Waals surface area contributed by atoms with E-state index in [2.05, 4.69) is 36.2 Å². The molecule has 0 aliphatic carbocycles. The van der Waals surface area contributed by atoms with E-state index in [4.69, 9.17) is 0 Å². The monoisotopic (exact) mass is 183 g/mol. The molecule has 0 aliphatic rings. The van der Waals surface area contributed by atoms with Gasteiger partial charge < -0.3 is 0 Å². The number of aryl methyl sites for hydroxylation is 2. The number of pyridine rings is 1. The maximum Gasteiger partial charge on any atom is 0.0705 e. The summed E-state index contributed by atoms with van der Waals surface area (Å²) >= 11 is 0. The smallest absolute Gasteiger partial charge is 0.0705 e. The first kappa shape index (κ1) is 8.95. The van der Waals surface area contributed by atoms with Crippen LogP contribution < -0.4 is 0 Å². The lowest BCUT2D eigenvalue weighted by Gasteiger charge is -2.03. The number of hydrogen-bond acceptors (Lipinski definition) is 1. The molecule has 0 atom stereocenters. The first-order valence-electron chi connectivity index (χ1n) is 4.77. The Kier molecular flexibility index (Phi) is 2.32. The second-order valence-electron chi connectivity index (χ2n) is 3.46. The summed E-state index contributed by atoms with van der Waals surface area (Å²) in [6.07, 6.45) is 0. The van der Waals surface area contributed by atoms with Crippen LogP contribution in [-0.4, -0.2) is 4.98 Å². The molecule has 0 fully saturated rings. The van der Waals surface area contributed by atoms with Crippen LogP contribution in [0.2, 0.25) is 0 Å². The van der Waals surface area contributed by atoms with Crippen molar-refractivity contribution in [3.05, 3.63) is 53.7 Å². The van der Waals surface area contributed by atoms with Crippen molar-refractivity contribution in [3.63, 3.8) is 0 Å². The van der Waals surface area contributed by atoms with Crippen LogP contribution in [0.1, 0.15) is 11.3 Å². The normalized spacial score (nSPS) is 10.1. The quantitative estimate of drug-likeness (QED) is 0.660. The average molecular weight is 183 g/mol. The van der Waals surface area contributed by atoms with Crippen molar-refractivity contribution in [3.8, 4) is 11.3 Å². The van der Waals surface area contributed by atoms with Crippen LogP contribution >= 0.6 is 0 Å². The van der Waals surface area contributed by atoms with Gasteiger partial charge in [0, 0.05) is 11.3 Å². The van der Waals surface area contributed by atoms with Crippen molar-refractivity contribution in [2.45, 2.75) is 13.8 Å². The molecule has 0 amide bonds. The average Bonchev–Trinajstić information content (AvgIpc) is 2.23. The summed E-state index contributed by atoms with van der Waals surface area (Å²) in [7, 11) is 0. The summed E-state index contributed by atoms with van der Waals surface area (Å²) < 4.78 is 0. The highest BCUT2D eigenvalue weighted by atomic mass is 14.7. The van der Waals surface area contributed by atoms with E-state index < -0.39 is 0 Å². The van der Waals surface area contributed by atoms with Gasteiger partial charge in [0.2, 0.25) is 0 Å². The van der Waals surface area contributed by atoms with E-state index in [-0.39, 0.29) is 0 Å². The molecule has 2 aromatic rings. The van der Waals surface area contributed by atoms with E-state index in [9.17, 15) is 0 Å². The highest BCUT2D eigenvalue weighted by Crippen LogP contribution is 2.17. The zero-order valence-corrected chi connectivity index (χ0v) is 8.49. The van der Waals surface area contributed by atoms with Gasteiger partial charge >= 0.3 is 0 Å². The Morgan fingerprint density at radius 1 is 0.857 bits per heavy atom. The van der Waals surface area contributed by atoms with Crippen LogP contribution in [0, 0.1) is 13.8 Å². The fraction of sp³-hybridized carbons (Fsp3) is 0.154. The van der Waals surface area contributed by atoms with Crippen molar-refractivity contribution in [1.82, 2.24) is 4.98 Å². The molecule has 1 heterocycles. The van der Waals surface area contributed by atoms with E-state index in [1.807, 2.05) is 25.1 Å². The lowest BCUT2D eigenvalue weighted by Crippen LogP contribution is -1.89. The Labute approximate surface area is 84.4 Å². The Bertz CT molecular complexity index is 432. The van der Waals surface area contributed by atoms with Gasteiger partial charge in [-0.05, 0) is 25.5 Å². The van der Waals surface area contributed by atoms with Crippen molar-refractivity contribution in [2.24, 2.45) is 0 Å². The maximum atomic E-state index is 4.54. The van der Waals surface area contributed by atoms with Gasteiger partial charge in [-0.25, -0.2) is 0 Å². The van der Waals surface area contributed by atoms with Crippen LogP contribution in [0.25, 0.3) is 11.3 Å². The lowest BCUT2D eigenvalue weighted by molar-refractivity contribution is 1.15. The molecule has 0 saturated heterocycles. The maximum absolute atomic E-state index is 4.54. The van der Waals surface area contributed by atoms with Crippen LogP contribution in [0.15, 0.2) is 42.5 Å². The third-order valence-corrected chi connectivity index (χ3v) is 2.42. The van der Waals surface area contributed by atoms with E-state index in [1.54, 1.807) is 0 Å². The Morgan fingerprint density at radius 3 is 2.21 bits per heavy atom. The standard InChI is InChI=1S/C13H13N/c1-10-8-9-13(14-11(10)2)12-6-4-3-5-7-12/h3-9H,1-2H3. The van der Waals surface area contributed by atoms with Gasteiger partial charge in [0.1, 0.15) is 0 Å². The number of hydrogen-bond donors (Lipinski definition) is 0. The third-order valence-electron chi connectivity index (χ3n) is 2.42. The second-order valence-corrected chi connectivity index (χ2v) is 3.46. The van der Waals surface area contributed by atoms with Crippen LogP contribution in [0.5, 0.6) is 0 Å². The first-order valence-corrected chi connectivity index (χ1v) is 4.77. The van der Waals surface area contributed by atoms with Crippen molar-refractivity contribution < 1.29 is 0 Å². The predicted octanol–water partition coefficient (Wildman–Crippen LogP) is 3.37. The van der Waals surface area contributed by atoms with Gasteiger partial charge in [0.25, 0.3) is 0 Å². The van der Waals surface area contributed by atoms with Crippen molar-refractivity contribution in [1.29, 1.82) is 0 Å². The summed E-state index contributed by atoms with van der Waals surface area (Å²) in [6, 6.07) is 14.4. The van der Waals surface area contributed by atoms with Gasteiger partial charge in [0.05, 0.1) is 5.69 Å². The van der Waals surface area contributed by atoms with E-state index in [0.717, 1.165) is 11.4 Å². The number of aromatic nitrogens is 1. The van der Waals surface area contributed by atoms with Gasteiger partial charge in [0.15, 0.2) is 0 Å². The molecule has 2 rings (SSSR count). The molecule has 1 nitrogen and oxygen atoms in total. The SMILES string of the molecule is Cc1ccc(-c2ccccc2)nc1C. The fourth-order valence-corrected chi connectivity index (χ4v) is 1.40. The molecule has 0 radical (unpaired) electrons. The predicted molar refractivity (Wildman–Crippen MR) is 59.1 cm³/mol. The van der Waals surface area contributed by atoms with Crippen LogP contribution in [0.4, 0.5) is 0 Å². The topological polar surface area (TPSA) is 12.9 Å². The molecule has 1 aromatic heterocycles. The molecule has 0 aliphatic heterocycles. The molecule has 0 unspecified atom stereocenters. The van der Waals surface area contributed by atoms with Crippen molar-refractivity contribution in [2.75, 3.05) is 0 Å². The molecular weight excluding hydrogens is 170 g/mol. The summed E-state index contributed by atoms with van der Waals surface area (Å²) in [5.41, 5.74) is 4.57. The van der Waals surface area contributed by atoms with Crippen LogP contribution in [0.3, 0.4) is 0 Å². The molecule has 0 bridgehead atoms. The molecule has 0 spiro atoms. The largest absolute Gasteiger partial charge is 0.253 e. The van der Waals surface area contributed by atoms with E-state index in [1.165, 1.54) is 11.1 Å². The third kappa shape index (κ3) is 1.67. The van der Waals surface area contributed by atoms with Crippen molar-refractivity contribution >= 4 is 0 Å². The minimum atomic E-state index is 1.05. The summed E-state index contributed by atoms with van der Waals surface area (Å²) in [4.78, 5) is 4.54. The zero-order chi connectivity index (χ0) is 9.97. The van der Waals surface area contributed by atoms with E-state index in [0.29, 0.717) is 0 Å². The zero-order valence-electron chi connectivity index (χ0n) is 8.49. The Morgan fingerprint density at radius 2 is 1.57 bits per heavy atom. The second kappa shape index (κ2) is 3.62. The summed E-state index contributed by atoms with van der Waals surface area (Å²) in [5.74, 6) is 0. The lowest BCUT2D eigenvalue weighted by atomic mass is 10.1. The molecule has 1 aromatic carbocycles.